The maximum absolute atomic E-state index is 9.38. The molecule has 0 aliphatic carbocycles. The number of hydrogen-bond donors (Lipinski definition) is 1. The van der Waals surface area contributed by atoms with Gasteiger partial charge in [-0.1, -0.05) is 35.9 Å². The monoisotopic (exact) mass is 255 g/mol. The molecule has 0 heterocycles. The van der Waals surface area contributed by atoms with Gasteiger partial charge in [0.2, 0.25) is 0 Å². The van der Waals surface area contributed by atoms with Crippen LogP contribution in [0, 0.1) is 11.3 Å². The minimum Gasteiger partial charge on any atom is -0.508 e. The zero-order valence-electron chi connectivity index (χ0n) is 9.47. The van der Waals surface area contributed by atoms with Gasteiger partial charge in [-0.3, -0.25) is 0 Å². The number of benzene rings is 2. The average Bonchev–Trinajstić information content (AvgIpc) is 2.37. The molecule has 0 saturated heterocycles. The number of nitriles is 1. The van der Waals surface area contributed by atoms with Crippen molar-refractivity contribution in [3.05, 3.63) is 64.7 Å². The first-order chi connectivity index (χ1) is 8.69. The minimum atomic E-state index is 0.178. The van der Waals surface area contributed by atoms with Gasteiger partial charge in [-0.2, -0.15) is 5.26 Å². The van der Waals surface area contributed by atoms with E-state index >= 15 is 0 Å². The Morgan fingerprint density at radius 2 is 1.89 bits per heavy atom. The number of phenols is 1. The fourth-order valence-electron chi connectivity index (χ4n) is 1.59. The first-order valence-electron chi connectivity index (χ1n) is 5.36. The summed E-state index contributed by atoms with van der Waals surface area (Å²) in [5.41, 5.74) is 2.10. The highest BCUT2D eigenvalue weighted by molar-refractivity contribution is 6.30. The molecular formula is C15H10ClNO. The molecule has 0 radical (unpaired) electrons. The number of nitrogens with zero attached hydrogens (tertiary/aromatic N) is 1. The van der Waals surface area contributed by atoms with E-state index in [-0.39, 0.29) is 5.75 Å². The van der Waals surface area contributed by atoms with Crippen molar-refractivity contribution in [2.75, 3.05) is 0 Å². The Labute approximate surface area is 110 Å². The van der Waals surface area contributed by atoms with Crippen molar-refractivity contribution in [3.8, 4) is 11.8 Å². The summed E-state index contributed by atoms with van der Waals surface area (Å²) < 4.78 is 0. The number of allylic oxidation sites excluding steroid dienone is 1. The summed E-state index contributed by atoms with van der Waals surface area (Å²) in [4.78, 5) is 0. The SMILES string of the molecule is N#CC(=Cc1cccc(O)c1)c1ccc(Cl)cc1. The van der Waals surface area contributed by atoms with E-state index in [0.29, 0.717) is 10.6 Å². The lowest BCUT2D eigenvalue weighted by atomic mass is 10.0. The van der Waals surface area contributed by atoms with Gasteiger partial charge < -0.3 is 5.11 Å². The number of halogens is 1. The van der Waals surface area contributed by atoms with Gasteiger partial charge in [0, 0.05) is 5.02 Å². The van der Waals surface area contributed by atoms with Gasteiger partial charge in [-0.15, -0.1) is 0 Å². The molecule has 0 amide bonds. The van der Waals surface area contributed by atoms with Crippen molar-refractivity contribution in [1.82, 2.24) is 0 Å². The normalized spacial score (nSPS) is 11.0. The molecule has 1 N–H and O–H groups in total. The summed E-state index contributed by atoms with van der Waals surface area (Å²) in [7, 11) is 0. The highest BCUT2D eigenvalue weighted by Crippen LogP contribution is 2.21. The van der Waals surface area contributed by atoms with Gasteiger partial charge in [0.05, 0.1) is 11.6 Å². The molecule has 2 rings (SSSR count). The first-order valence-corrected chi connectivity index (χ1v) is 5.73. The Hall–Kier alpha value is -2.24. The van der Waals surface area contributed by atoms with Crippen LogP contribution >= 0.6 is 11.6 Å². The fourth-order valence-corrected chi connectivity index (χ4v) is 1.72. The van der Waals surface area contributed by atoms with Crippen LogP contribution in [-0.4, -0.2) is 5.11 Å². The maximum atomic E-state index is 9.38. The molecule has 0 aliphatic rings. The molecular weight excluding hydrogens is 246 g/mol. The van der Waals surface area contributed by atoms with Crippen molar-refractivity contribution in [2.45, 2.75) is 0 Å². The molecule has 0 unspecified atom stereocenters. The lowest BCUT2D eigenvalue weighted by molar-refractivity contribution is 0.475. The molecule has 2 nitrogen and oxygen atoms in total. The van der Waals surface area contributed by atoms with Gasteiger partial charge in [0.15, 0.2) is 0 Å². The lowest BCUT2D eigenvalue weighted by Gasteiger charge is -2.00. The largest absolute Gasteiger partial charge is 0.508 e. The number of hydrogen-bond acceptors (Lipinski definition) is 2. The Balaban J connectivity index is 2.40. The number of rotatable bonds is 2. The summed E-state index contributed by atoms with van der Waals surface area (Å²) in [5.74, 6) is 0.178. The Bertz CT molecular complexity index is 624. The average molecular weight is 256 g/mol. The smallest absolute Gasteiger partial charge is 0.116 e. The van der Waals surface area contributed by atoms with E-state index in [9.17, 15) is 5.11 Å². The molecule has 0 bridgehead atoms. The molecule has 0 spiro atoms. The second-order valence-electron chi connectivity index (χ2n) is 3.77. The fraction of sp³-hybridized carbons (Fsp3) is 0. The summed E-state index contributed by atoms with van der Waals surface area (Å²) in [6.45, 7) is 0. The molecule has 3 heteroatoms. The quantitative estimate of drug-likeness (QED) is 0.648. The topological polar surface area (TPSA) is 44.0 Å². The highest BCUT2D eigenvalue weighted by Gasteiger charge is 2.01. The Morgan fingerprint density at radius 3 is 2.50 bits per heavy atom. The van der Waals surface area contributed by atoms with Crippen LogP contribution in [-0.2, 0) is 0 Å². The zero-order chi connectivity index (χ0) is 13.0. The summed E-state index contributed by atoms with van der Waals surface area (Å²) in [6.07, 6.45) is 1.73. The van der Waals surface area contributed by atoms with Crippen LogP contribution in [0.5, 0.6) is 5.75 Å². The second kappa shape index (κ2) is 5.39. The zero-order valence-corrected chi connectivity index (χ0v) is 10.2. The molecule has 0 atom stereocenters. The third-order valence-electron chi connectivity index (χ3n) is 2.46. The van der Waals surface area contributed by atoms with Crippen LogP contribution in [0.25, 0.3) is 11.6 Å². The second-order valence-corrected chi connectivity index (χ2v) is 4.21. The third kappa shape index (κ3) is 2.91. The predicted octanol–water partition coefficient (Wildman–Crippen LogP) is 4.11. The standard InChI is InChI=1S/C15H10ClNO/c16-14-6-4-12(5-7-14)13(10-17)8-11-2-1-3-15(18)9-11/h1-9,18H. The van der Waals surface area contributed by atoms with Gasteiger partial charge in [-0.05, 0) is 41.5 Å². The number of phenolic OH excluding ortho intramolecular Hbond substituents is 1. The van der Waals surface area contributed by atoms with Gasteiger partial charge in [-0.25, -0.2) is 0 Å². The van der Waals surface area contributed by atoms with Crippen LogP contribution in [0.4, 0.5) is 0 Å². The van der Waals surface area contributed by atoms with E-state index in [1.807, 2.05) is 6.07 Å². The van der Waals surface area contributed by atoms with Crippen LogP contribution in [0.2, 0.25) is 5.02 Å². The Kier molecular flexibility index (Phi) is 3.66. The molecule has 18 heavy (non-hydrogen) atoms. The maximum Gasteiger partial charge on any atom is 0.116 e. The lowest BCUT2D eigenvalue weighted by Crippen LogP contribution is -1.81. The molecule has 0 saturated carbocycles. The third-order valence-corrected chi connectivity index (χ3v) is 2.71. The van der Waals surface area contributed by atoms with Crippen LogP contribution in [0.15, 0.2) is 48.5 Å². The molecule has 0 fully saturated rings. The van der Waals surface area contributed by atoms with Crippen molar-refractivity contribution in [1.29, 1.82) is 5.26 Å². The van der Waals surface area contributed by atoms with Crippen molar-refractivity contribution >= 4 is 23.3 Å². The number of aromatic hydroxyl groups is 1. The highest BCUT2D eigenvalue weighted by atomic mass is 35.5. The van der Waals surface area contributed by atoms with Crippen LogP contribution in [0.3, 0.4) is 0 Å². The summed E-state index contributed by atoms with van der Waals surface area (Å²) in [6, 6.07) is 16.0. The van der Waals surface area contributed by atoms with Gasteiger partial charge in [0.1, 0.15) is 5.75 Å². The van der Waals surface area contributed by atoms with E-state index in [2.05, 4.69) is 6.07 Å². The van der Waals surface area contributed by atoms with Gasteiger partial charge >= 0.3 is 0 Å². The van der Waals surface area contributed by atoms with E-state index in [1.54, 1.807) is 48.5 Å². The van der Waals surface area contributed by atoms with E-state index in [1.165, 1.54) is 0 Å². The van der Waals surface area contributed by atoms with Crippen molar-refractivity contribution in [2.24, 2.45) is 0 Å². The van der Waals surface area contributed by atoms with E-state index in [0.717, 1.165) is 11.1 Å². The molecule has 0 aliphatic heterocycles. The molecule has 0 aromatic heterocycles. The molecule has 88 valence electrons. The minimum absolute atomic E-state index is 0.178. The molecule has 2 aromatic carbocycles. The summed E-state index contributed by atoms with van der Waals surface area (Å²) >= 11 is 5.81. The van der Waals surface area contributed by atoms with E-state index < -0.39 is 0 Å². The summed E-state index contributed by atoms with van der Waals surface area (Å²) in [5, 5.41) is 19.2. The first kappa shape index (κ1) is 12.2. The van der Waals surface area contributed by atoms with Crippen molar-refractivity contribution in [3.63, 3.8) is 0 Å². The van der Waals surface area contributed by atoms with Crippen LogP contribution in [0.1, 0.15) is 11.1 Å². The Morgan fingerprint density at radius 1 is 1.17 bits per heavy atom. The van der Waals surface area contributed by atoms with Gasteiger partial charge in [0.25, 0.3) is 0 Å². The van der Waals surface area contributed by atoms with E-state index in [4.69, 9.17) is 16.9 Å². The van der Waals surface area contributed by atoms with Crippen molar-refractivity contribution < 1.29 is 5.11 Å². The molecule has 2 aromatic rings. The predicted molar refractivity (Wildman–Crippen MR) is 73.0 cm³/mol. The van der Waals surface area contributed by atoms with Crippen LogP contribution < -0.4 is 0 Å².